The Labute approximate surface area is 177 Å². The minimum Gasteiger partial charge on any atom is -0.296 e. The van der Waals surface area contributed by atoms with E-state index in [4.69, 9.17) is 11.6 Å². The molecule has 3 nitrogen and oxygen atoms in total. The number of rotatable bonds is 6. The van der Waals surface area contributed by atoms with Gasteiger partial charge in [0.1, 0.15) is 5.82 Å². The highest BCUT2D eigenvalue weighted by molar-refractivity contribution is 6.30. The third kappa shape index (κ3) is 6.67. The summed E-state index contributed by atoms with van der Waals surface area (Å²) in [6.45, 7) is 9.26. The van der Waals surface area contributed by atoms with Gasteiger partial charge < -0.3 is 0 Å². The molecule has 0 aliphatic heterocycles. The van der Waals surface area contributed by atoms with Gasteiger partial charge in [-0.3, -0.25) is 14.9 Å². The van der Waals surface area contributed by atoms with Gasteiger partial charge in [0.2, 0.25) is 11.8 Å². The maximum atomic E-state index is 14.0. The fraction of sp³-hybridized carbons (Fsp3) is 0.417. The van der Waals surface area contributed by atoms with Crippen LogP contribution in [0.5, 0.6) is 0 Å². The lowest BCUT2D eigenvalue weighted by Gasteiger charge is -2.20. The molecule has 0 aliphatic carbocycles. The zero-order valence-corrected chi connectivity index (χ0v) is 18.4. The molecule has 156 valence electrons. The Morgan fingerprint density at radius 2 is 1.69 bits per heavy atom. The first kappa shape index (κ1) is 23.1. The Morgan fingerprint density at radius 1 is 1.07 bits per heavy atom. The van der Waals surface area contributed by atoms with Crippen molar-refractivity contribution in [2.24, 2.45) is 17.3 Å². The summed E-state index contributed by atoms with van der Waals surface area (Å²) in [4.78, 5) is 24.3. The van der Waals surface area contributed by atoms with Crippen LogP contribution < -0.4 is 5.32 Å². The summed E-state index contributed by atoms with van der Waals surface area (Å²) in [5.74, 6) is -0.792. The third-order valence-electron chi connectivity index (χ3n) is 4.90. The van der Waals surface area contributed by atoms with Crippen molar-refractivity contribution in [1.82, 2.24) is 5.32 Å². The van der Waals surface area contributed by atoms with Crippen molar-refractivity contribution in [2.45, 2.75) is 47.5 Å². The fourth-order valence-corrected chi connectivity index (χ4v) is 3.33. The Kier molecular flexibility index (Phi) is 7.59. The van der Waals surface area contributed by atoms with Gasteiger partial charge in [-0.25, -0.2) is 4.39 Å². The molecule has 2 aromatic rings. The van der Waals surface area contributed by atoms with Crippen LogP contribution >= 0.6 is 11.6 Å². The topological polar surface area (TPSA) is 46.2 Å². The average molecular weight is 418 g/mol. The molecule has 1 unspecified atom stereocenters. The highest BCUT2D eigenvalue weighted by Crippen LogP contribution is 2.27. The van der Waals surface area contributed by atoms with E-state index >= 15 is 0 Å². The van der Waals surface area contributed by atoms with Gasteiger partial charge in [-0.2, -0.15) is 0 Å². The first-order valence-corrected chi connectivity index (χ1v) is 10.2. The number of hydrogen-bond donors (Lipinski definition) is 1. The van der Waals surface area contributed by atoms with E-state index in [2.05, 4.69) is 12.2 Å². The molecule has 2 atom stereocenters. The van der Waals surface area contributed by atoms with E-state index in [1.165, 1.54) is 12.1 Å². The van der Waals surface area contributed by atoms with E-state index in [9.17, 15) is 14.0 Å². The second kappa shape index (κ2) is 9.53. The first-order valence-electron chi connectivity index (χ1n) is 9.87. The molecule has 2 amide bonds. The van der Waals surface area contributed by atoms with Gasteiger partial charge in [0, 0.05) is 21.9 Å². The lowest BCUT2D eigenvalue weighted by Crippen LogP contribution is -2.41. The van der Waals surface area contributed by atoms with Crippen molar-refractivity contribution in [3.8, 4) is 11.1 Å². The zero-order chi connectivity index (χ0) is 21.8. The van der Waals surface area contributed by atoms with Crippen LogP contribution in [0.2, 0.25) is 5.02 Å². The molecular formula is C24H29ClFNO2. The van der Waals surface area contributed by atoms with Crippen molar-refractivity contribution in [2.75, 3.05) is 0 Å². The van der Waals surface area contributed by atoms with E-state index in [1.54, 1.807) is 26.8 Å². The fourth-order valence-electron chi connectivity index (χ4n) is 3.16. The number of hydrogen-bond acceptors (Lipinski definition) is 2. The van der Waals surface area contributed by atoms with Crippen LogP contribution in [0, 0.1) is 23.1 Å². The minimum absolute atomic E-state index is 0.233. The van der Waals surface area contributed by atoms with Crippen molar-refractivity contribution < 1.29 is 14.0 Å². The number of nitrogens with one attached hydrogen (secondary N) is 1. The molecule has 0 spiro atoms. The molecule has 0 saturated carbocycles. The van der Waals surface area contributed by atoms with E-state index in [0.29, 0.717) is 17.0 Å². The van der Waals surface area contributed by atoms with Gasteiger partial charge in [0.25, 0.3) is 0 Å². The predicted octanol–water partition coefficient (Wildman–Crippen LogP) is 6.04. The maximum Gasteiger partial charge on any atom is 0.231 e. The molecule has 0 aliphatic rings. The van der Waals surface area contributed by atoms with Crippen molar-refractivity contribution in [3.63, 3.8) is 0 Å². The third-order valence-corrected chi connectivity index (χ3v) is 5.13. The highest BCUT2D eigenvalue weighted by Gasteiger charge is 2.25. The summed E-state index contributed by atoms with van der Waals surface area (Å²) >= 11 is 5.98. The number of amides is 2. The molecule has 0 heterocycles. The number of imide groups is 1. The summed E-state index contributed by atoms with van der Waals surface area (Å²) in [6.07, 6.45) is 1.47. The van der Waals surface area contributed by atoms with Crippen LogP contribution in [0.3, 0.4) is 0 Å². The summed E-state index contributed by atoms with van der Waals surface area (Å²) in [5.41, 5.74) is 1.77. The van der Waals surface area contributed by atoms with Crippen LogP contribution in [0.15, 0.2) is 42.5 Å². The lowest BCUT2D eigenvalue weighted by atomic mass is 9.90. The molecule has 1 N–H and O–H groups in total. The van der Waals surface area contributed by atoms with E-state index in [0.717, 1.165) is 17.5 Å². The normalized spacial score (nSPS) is 13.6. The van der Waals surface area contributed by atoms with Crippen LogP contribution in [-0.4, -0.2) is 11.8 Å². The number of halogens is 2. The average Bonchev–Trinajstić information content (AvgIpc) is 2.63. The van der Waals surface area contributed by atoms with Gasteiger partial charge in [-0.1, -0.05) is 70.5 Å². The Bertz CT molecular complexity index is 871. The second-order valence-corrected chi connectivity index (χ2v) is 9.27. The molecular weight excluding hydrogens is 389 g/mol. The lowest BCUT2D eigenvalue weighted by molar-refractivity contribution is -0.137. The summed E-state index contributed by atoms with van der Waals surface area (Å²) in [6, 6.07) is 12.2. The standard InChI is InChI=1S/C24H29ClFNO2/c1-15(12-16(2)22(28)27-23(29)24(3,4)5)13-17-6-8-18(9-7-17)20-14-19(25)10-11-21(20)26/h6-11,14-16H,12-13H2,1-5H3,(H,27,28,29)/t15?,16-/m1/s1. The van der Waals surface area contributed by atoms with Gasteiger partial charge in [-0.15, -0.1) is 0 Å². The quantitative estimate of drug-likeness (QED) is 0.622. The van der Waals surface area contributed by atoms with Crippen LogP contribution in [0.4, 0.5) is 4.39 Å². The van der Waals surface area contributed by atoms with Crippen LogP contribution in [-0.2, 0) is 16.0 Å². The molecule has 29 heavy (non-hydrogen) atoms. The predicted molar refractivity (Wildman–Crippen MR) is 116 cm³/mol. The van der Waals surface area contributed by atoms with E-state index in [-0.39, 0.29) is 29.5 Å². The van der Waals surface area contributed by atoms with Gasteiger partial charge >= 0.3 is 0 Å². The molecule has 2 rings (SSSR count). The molecule has 2 aromatic carbocycles. The SMILES string of the molecule is CC(Cc1ccc(-c2cc(Cl)ccc2F)cc1)C[C@@H](C)C(=O)NC(=O)C(C)(C)C. The van der Waals surface area contributed by atoms with Gasteiger partial charge in [0.15, 0.2) is 0 Å². The van der Waals surface area contributed by atoms with Gasteiger partial charge in [-0.05, 0) is 48.1 Å². The molecule has 0 saturated heterocycles. The number of benzene rings is 2. The van der Waals surface area contributed by atoms with Gasteiger partial charge in [0.05, 0.1) is 0 Å². The number of carbonyl (C=O) groups is 2. The molecule has 0 fully saturated rings. The molecule has 0 radical (unpaired) electrons. The largest absolute Gasteiger partial charge is 0.296 e. The van der Waals surface area contributed by atoms with Crippen molar-refractivity contribution in [1.29, 1.82) is 0 Å². The Hall–Kier alpha value is -2.20. The first-order chi connectivity index (χ1) is 13.5. The van der Waals surface area contributed by atoms with Crippen molar-refractivity contribution >= 4 is 23.4 Å². The molecule has 0 bridgehead atoms. The second-order valence-electron chi connectivity index (χ2n) is 8.84. The zero-order valence-electron chi connectivity index (χ0n) is 17.7. The Balaban J connectivity index is 1.95. The molecule has 0 aromatic heterocycles. The molecule has 5 heteroatoms. The monoisotopic (exact) mass is 417 g/mol. The van der Waals surface area contributed by atoms with E-state index < -0.39 is 5.41 Å². The van der Waals surface area contributed by atoms with E-state index in [1.807, 2.05) is 31.2 Å². The van der Waals surface area contributed by atoms with Crippen molar-refractivity contribution in [3.05, 3.63) is 58.9 Å². The Morgan fingerprint density at radius 3 is 2.28 bits per heavy atom. The van der Waals surface area contributed by atoms with Crippen LogP contribution in [0.1, 0.15) is 46.6 Å². The van der Waals surface area contributed by atoms with Crippen LogP contribution in [0.25, 0.3) is 11.1 Å². The number of carbonyl (C=O) groups excluding carboxylic acids is 2. The smallest absolute Gasteiger partial charge is 0.231 e. The minimum atomic E-state index is -0.592. The summed E-state index contributed by atoms with van der Waals surface area (Å²) < 4.78 is 14.0. The summed E-state index contributed by atoms with van der Waals surface area (Å²) in [7, 11) is 0. The highest BCUT2D eigenvalue weighted by atomic mass is 35.5. The summed E-state index contributed by atoms with van der Waals surface area (Å²) in [5, 5.41) is 3.00. The maximum absolute atomic E-state index is 14.0.